The molecular formula is C24H23ClN4O2. The van der Waals surface area contributed by atoms with E-state index in [-0.39, 0.29) is 23.8 Å². The maximum atomic E-state index is 13.6. The van der Waals surface area contributed by atoms with Crippen molar-refractivity contribution in [3.63, 3.8) is 0 Å². The van der Waals surface area contributed by atoms with Crippen LogP contribution in [-0.2, 0) is 4.79 Å². The molecule has 0 N–H and O–H groups in total. The van der Waals surface area contributed by atoms with Gasteiger partial charge in [-0.15, -0.1) is 0 Å². The Hall–Kier alpha value is -3.25. The number of hydrogen-bond donors (Lipinski definition) is 0. The van der Waals surface area contributed by atoms with Crippen molar-refractivity contribution >= 4 is 34.8 Å². The highest BCUT2D eigenvalue weighted by atomic mass is 35.5. The highest BCUT2D eigenvalue weighted by Gasteiger charge is 2.38. The number of halogens is 1. The maximum absolute atomic E-state index is 13.6. The Bertz CT molecular complexity index is 1090. The number of nitrogens with zero attached hydrogens (tertiary/aromatic N) is 4. The van der Waals surface area contributed by atoms with Crippen LogP contribution in [0.1, 0.15) is 42.1 Å². The number of amides is 2. The number of carbonyl (C=O) groups is 2. The zero-order chi connectivity index (χ0) is 22.0. The number of hydrogen-bond acceptors (Lipinski definition) is 4. The van der Waals surface area contributed by atoms with Crippen LogP contribution in [0.5, 0.6) is 0 Å². The quantitative estimate of drug-likeness (QED) is 0.596. The predicted octanol–water partition coefficient (Wildman–Crippen LogP) is 4.71. The number of carbonyl (C=O) groups excluding carboxylic acids is 2. The van der Waals surface area contributed by atoms with E-state index in [0.717, 1.165) is 16.9 Å². The normalized spacial score (nSPS) is 17.7. The summed E-state index contributed by atoms with van der Waals surface area (Å²) in [7, 11) is 0. The Labute approximate surface area is 186 Å². The van der Waals surface area contributed by atoms with E-state index in [4.69, 9.17) is 11.6 Å². The van der Waals surface area contributed by atoms with E-state index in [1.807, 2.05) is 50.2 Å². The third-order valence-corrected chi connectivity index (χ3v) is 5.89. The Balaban J connectivity index is 1.70. The van der Waals surface area contributed by atoms with Crippen LogP contribution in [0.3, 0.4) is 0 Å². The molecule has 1 aromatic heterocycles. The molecule has 7 heteroatoms. The van der Waals surface area contributed by atoms with Crippen molar-refractivity contribution in [1.82, 2.24) is 9.97 Å². The maximum Gasteiger partial charge on any atom is 0.261 e. The summed E-state index contributed by atoms with van der Waals surface area (Å²) in [6.07, 6.45) is 4.96. The second-order valence-electron chi connectivity index (χ2n) is 7.56. The molecule has 0 saturated carbocycles. The van der Waals surface area contributed by atoms with Gasteiger partial charge in [0.15, 0.2) is 0 Å². The van der Waals surface area contributed by atoms with Gasteiger partial charge in [0.2, 0.25) is 5.91 Å². The molecule has 0 spiro atoms. The first-order valence-electron chi connectivity index (χ1n) is 10.3. The summed E-state index contributed by atoms with van der Waals surface area (Å²) in [5.41, 5.74) is 2.83. The summed E-state index contributed by atoms with van der Waals surface area (Å²) in [5.74, 6) is -0.506. The van der Waals surface area contributed by atoms with Gasteiger partial charge in [0.05, 0.1) is 11.5 Å². The van der Waals surface area contributed by atoms with Crippen molar-refractivity contribution in [3.05, 3.63) is 83.4 Å². The third kappa shape index (κ3) is 4.03. The average molecular weight is 435 g/mol. The third-order valence-electron chi connectivity index (χ3n) is 5.63. The molecule has 2 aromatic carbocycles. The standard InChI is InChI=1S/C24H23ClN4O2/c1-3-28(19-10-8-18(25)9-11-19)24(31)21-12-16(2)29(22-7-5-4-6-20(21)22)23(30)17-13-26-15-27-14-17/h4-11,13-16,21H,3,12H2,1-2H3. The molecule has 0 fully saturated rings. The molecule has 3 aromatic rings. The molecule has 0 bridgehead atoms. The van der Waals surface area contributed by atoms with Crippen molar-refractivity contribution in [2.75, 3.05) is 16.3 Å². The molecule has 2 amide bonds. The molecule has 4 rings (SSSR count). The molecule has 158 valence electrons. The second-order valence-corrected chi connectivity index (χ2v) is 7.99. The van der Waals surface area contributed by atoms with Crippen molar-refractivity contribution in [1.29, 1.82) is 0 Å². The zero-order valence-corrected chi connectivity index (χ0v) is 18.2. The van der Waals surface area contributed by atoms with E-state index < -0.39 is 0 Å². The Morgan fingerprint density at radius 3 is 2.45 bits per heavy atom. The molecule has 0 saturated heterocycles. The molecule has 1 aliphatic heterocycles. The van der Waals surface area contributed by atoms with Gasteiger partial charge in [-0.05, 0) is 56.2 Å². The monoisotopic (exact) mass is 434 g/mol. The van der Waals surface area contributed by atoms with Crippen LogP contribution in [0.4, 0.5) is 11.4 Å². The van der Waals surface area contributed by atoms with Crippen molar-refractivity contribution in [2.24, 2.45) is 0 Å². The van der Waals surface area contributed by atoms with Gasteiger partial charge < -0.3 is 9.80 Å². The first-order valence-corrected chi connectivity index (χ1v) is 10.6. The van der Waals surface area contributed by atoms with Crippen molar-refractivity contribution < 1.29 is 9.59 Å². The van der Waals surface area contributed by atoms with E-state index in [2.05, 4.69) is 9.97 Å². The minimum atomic E-state index is -0.349. The molecule has 0 aliphatic carbocycles. The number of para-hydroxylation sites is 1. The van der Waals surface area contributed by atoms with Gasteiger partial charge in [-0.25, -0.2) is 9.97 Å². The van der Waals surface area contributed by atoms with Crippen LogP contribution in [-0.4, -0.2) is 34.4 Å². The fourth-order valence-corrected chi connectivity index (χ4v) is 4.31. The molecule has 6 nitrogen and oxygen atoms in total. The lowest BCUT2D eigenvalue weighted by Crippen LogP contribution is -2.46. The summed E-state index contributed by atoms with van der Waals surface area (Å²) in [5, 5.41) is 0.628. The fraction of sp³-hybridized carbons (Fsp3) is 0.250. The summed E-state index contributed by atoms with van der Waals surface area (Å²) in [4.78, 5) is 38.3. The first-order chi connectivity index (χ1) is 15.0. The number of rotatable bonds is 4. The smallest absolute Gasteiger partial charge is 0.261 e. The van der Waals surface area contributed by atoms with E-state index >= 15 is 0 Å². The fourth-order valence-electron chi connectivity index (χ4n) is 4.18. The topological polar surface area (TPSA) is 66.4 Å². The highest BCUT2D eigenvalue weighted by Crippen LogP contribution is 2.40. The molecule has 2 heterocycles. The largest absolute Gasteiger partial charge is 0.312 e. The molecule has 31 heavy (non-hydrogen) atoms. The summed E-state index contributed by atoms with van der Waals surface area (Å²) < 4.78 is 0. The highest BCUT2D eigenvalue weighted by molar-refractivity contribution is 6.30. The number of fused-ring (bicyclic) bond motifs is 1. The summed E-state index contributed by atoms with van der Waals surface area (Å²) in [6, 6.07) is 14.7. The van der Waals surface area contributed by atoms with Gasteiger partial charge in [0.1, 0.15) is 6.33 Å². The van der Waals surface area contributed by atoms with Gasteiger partial charge in [-0.3, -0.25) is 9.59 Å². The average Bonchev–Trinajstić information content (AvgIpc) is 2.80. The van der Waals surface area contributed by atoms with Crippen LogP contribution < -0.4 is 9.80 Å². The van der Waals surface area contributed by atoms with E-state index in [0.29, 0.717) is 23.6 Å². The van der Waals surface area contributed by atoms with Crippen LogP contribution in [0, 0.1) is 0 Å². The van der Waals surface area contributed by atoms with Crippen molar-refractivity contribution in [3.8, 4) is 0 Å². The van der Waals surface area contributed by atoms with E-state index in [9.17, 15) is 9.59 Å². The van der Waals surface area contributed by atoms with Gasteiger partial charge in [0.25, 0.3) is 5.91 Å². The summed E-state index contributed by atoms with van der Waals surface area (Å²) in [6.45, 7) is 4.46. The van der Waals surface area contributed by atoms with Gasteiger partial charge in [-0.1, -0.05) is 29.8 Å². The van der Waals surface area contributed by atoms with E-state index in [1.165, 1.54) is 18.7 Å². The van der Waals surface area contributed by atoms with Crippen LogP contribution in [0.25, 0.3) is 0 Å². The molecule has 0 radical (unpaired) electrons. The Morgan fingerprint density at radius 2 is 1.77 bits per heavy atom. The molecule has 2 unspecified atom stereocenters. The van der Waals surface area contributed by atoms with Crippen molar-refractivity contribution in [2.45, 2.75) is 32.2 Å². The number of likely N-dealkylation sites (N-methyl/N-ethyl adjacent to an activating group) is 1. The minimum absolute atomic E-state index is 0.0132. The first kappa shape index (κ1) is 21.0. The van der Waals surface area contributed by atoms with Crippen LogP contribution in [0.2, 0.25) is 5.02 Å². The lowest BCUT2D eigenvalue weighted by Gasteiger charge is -2.40. The zero-order valence-electron chi connectivity index (χ0n) is 17.4. The molecular weight excluding hydrogens is 412 g/mol. The van der Waals surface area contributed by atoms with Crippen LogP contribution in [0.15, 0.2) is 67.3 Å². The Kier molecular flexibility index (Phi) is 6.00. The van der Waals surface area contributed by atoms with E-state index in [1.54, 1.807) is 21.9 Å². The second kappa shape index (κ2) is 8.86. The lowest BCUT2D eigenvalue weighted by molar-refractivity contribution is -0.120. The van der Waals surface area contributed by atoms with Gasteiger partial charge in [0, 0.05) is 41.4 Å². The van der Waals surface area contributed by atoms with Crippen LogP contribution >= 0.6 is 11.6 Å². The number of aromatic nitrogens is 2. The number of benzene rings is 2. The van der Waals surface area contributed by atoms with Gasteiger partial charge in [-0.2, -0.15) is 0 Å². The SMILES string of the molecule is CCN(C(=O)C1CC(C)N(C(=O)c2cncnc2)c2ccccc21)c1ccc(Cl)cc1. The molecule has 1 aliphatic rings. The lowest BCUT2D eigenvalue weighted by atomic mass is 9.84. The predicted molar refractivity (Wildman–Crippen MR) is 122 cm³/mol. The van der Waals surface area contributed by atoms with Gasteiger partial charge >= 0.3 is 0 Å². The Morgan fingerprint density at radius 1 is 1.10 bits per heavy atom. The number of anilines is 2. The summed E-state index contributed by atoms with van der Waals surface area (Å²) >= 11 is 6.02. The minimum Gasteiger partial charge on any atom is -0.312 e. The molecule has 2 atom stereocenters.